The van der Waals surface area contributed by atoms with Crippen LogP contribution < -0.4 is 4.90 Å². The first-order valence-electron chi connectivity index (χ1n) is 9.47. The van der Waals surface area contributed by atoms with E-state index in [2.05, 4.69) is 40.0 Å². The molecule has 0 fully saturated rings. The molecule has 2 aromatic heterocycles. The summed E-state index contributed by atoms with van der Waals surface area (Å²) in [5.74, 6) is 0. The predicted octanol–water partition coefficient (Wildman–Crippen LogP) is 5.91. The summed E-state index contributed by atoms with van der Waals surface area (Å²) in [5.41, 5.74) is 5.75. The lowest BCUT2D eigenvalue weighted by Gasteiger charge is -2.32. The molecule has 4 heteroatoms. The molecule has 0 aliphatic rings. The van der Waals surface area contributed by atoms with Gasteiger partial charge in [0, 0.05) is 12.4 Å². The number of rotatable bonds is 5. The summed E-state index contributed by atoms with van der Waals surface area (Å²) in [6.45, 7) is 2.16. The van der Waals surface area contributed by atoms with Gasteiger partial charge in [0.2, 0.25) is 0 Å². The third-order valence-corrected chi connectivity index (χ3v) is 4.98. The van der Waals surface area contributed by atoms with Gasteiger partial charge in [0.15, 0.2) is 0 Å². The fraction of sp³-hybridized carbons (Fsp3) is 0.0800. The lowest BCUT2D eigenvalue weighted by Crippen LogP contribution is -2.22. The number of aromatic nitrogens is 2. The van der Waals surface area contributed by atoms with Crippen LogP contribution in [-0.2, 0) is 0 Å². The second-order valence-electron chi connectivity index (χ2n) is 6.71. The summed E-state index contributed by atoms with van der Waals surface area (Å²) in [6.07, 6.45) is 7.25. The van der Waals surface area contributed by atoms with E-state index in [1.165, 1.54) is 0 Å². The number of hydrogen-bond acceptors (Lipinski definition) is 4. The maximum Gasteiger partial charge on any atom is 0.0998 e. The molecule has 140 valence electrons. The van der Waals surface area contributed by atoms with Gasteiger partial charge in [-0.05, 0) is 53.9 Å². The maximum absolute atomic E-state index is 9.60. The highest BCUT2D eigenvalue weighted by Gasteiger charge is 2.22. The third kappa shape index (κ3) is 3.71. The van der Waals surface area contributed by atoms with Crippen LogP contribution >= 0.6 is 0 Å². The Morgan fingerprint density at radius 2 is 1.34 bits per heavy atom. The van der Waals surface area contributed by atoms with Crippen molar-refractivity contribution < 1.29 is 0 Å². The Labute approximate surface area is 170 Å². The highest BCUT2D eigenvalue weighted by atomic mass is 15.2. The van der Waals surface area contributed by atoms with E-state index in [0.717, 1.165) is 28.1 Å². The van der Waals surface area contributed by atoms with Gasteiger partial charge >= 0.3 is 0 Å². The van der Waals surface area contributed by atoms with Crippen molar-refractivity contribution >= 4 is 11.4 Å². The monoisotopic (exact) mass is 376 g/mol. The standard InChI is InChI=1S/C25H20N4/c1-19(29(21-9-6-14-27-17-21)22-10-7-15-28-18-22)23-11-4-5-13-25(23)24-12-3-2-8-20(24)16-26/h2-15,17-19H,1H3. The molecule has 0 aliphatic heterocycles. The summed E-state index contributed by atoms with van der Waals surface area (Å²) >= 11 is 0. The SMILES string of the molecule is CC(c1ccccc1-c1ccccc1C#N)N(c1cccnc1)c1cccnc1. The highest BCUT2D eigenvalue weighted by molar-refractivity contribution is 5.75. The van der Waals surface area contributed by atoms with E-state index in [4.69, 9.17) is 0 Å². The van der Waals surface area contributed by atoms with Gasteiger partial charge in [0.1, 0.15) is 0 Å². The maximum atomic E-state index is 9.60. The van der Waals surface area contributed by atoms with Crippen LogP contribution in [0.15, 0.2) is 97.6 Å². The second kappa shape index (κ2) is 8.37. The minimum Gasteiger partial charge on any atom is -0.332 e. The zero-order chi connectivity index (χ0) is 20.1. The molecule has 0 spiro atoms. The normalized spacial score (nSPS) is 11.4. The summed E-state index contributed by atoms with van der Waals surface area (Å²) in [5, 5.41) is 9.60. The molecule has 0 saturated carbocycles. The van der Waals surface area contributed by atoms with E-state index in [1.54, 1.807) is 12.4 Å². The van der Waals surface area contributed by atoms with Crippen molar-refractivity contribution in [2.75, 3.05) is 4.90 Å². The fourth-order valence-corrected chi connectivity index (χ4v) is 3.65. The van der Waals surface area contributed by atoms with Crippen molar-refractivity contribution in [1.29, 1.82) is 5.26 Å². The molecule has 0 bridgehead atoms. The Bertz CT molecular complexity index is 1090. The topological polar surface area (TPSA) is 52.8 Å². The molecule has 29 heavy (non-hydrogen) atoms. The van der Waals surface area contributed by atoms with Gasteiger partial charge in [-0.15, -0.1) is 0 Å². The third-order valence-electron chi connectivity index (χ3n) is 4.98. The zero-order valence-electron chi connectivity index (χ0n) is 16.1. The summed E-state index contributed by atoms with van der Waals surface area (Å²) in [4.78, 5) is 10.8. The average molecular weight is 376 g/mol. The van der Waals surface area contributed by atoms with Crippen LogP contribution in [0.25, 0.3) is 11.1 Å². The Balaban J connectivity index is 1.87. The first-order valence-corrected chi connectivity index (χ1v) is 9.47. The number of anilines is 2. The van der Waals surface area contributed by atoms with Crippen molar-refractivity contribution in [3.8, 4) is 17.2 Å². The molecule has 2 aromatic carbocycles. The lowest BCUT2D eigenvalue weighted by atomic mass is 9.92. The van der Waals surface area contributed by atoms with Gasteiger partial charge in [-0.2, -0.15) is 5.26 Å². The van der Waals surface area contributed by atoms with E-state index in [0.29, 0.717) is 5.56 Å². The van der Waals surface area contributed by atoms with Crippen LogP contribution in [0.3, 0.4) is 0 Å². The van der Waals surface area contributed by atoms with Gasteiger partial charge in [0.05, 0.1) is 41.4 Å². The lowest BCUT2D eigenvalue weighted by molar-refractivity contribution is 0.772. The van der Waals surface area contributed by atoms with Crippen LogP contribution in [0.2, 0.25) is 0 Å². The van der Waals surface area contributed by atoms with Crippen LogP contribution in [0.1, 0.15) is 24.1 Å². The first-order chi connectivity index (χ1) is 14.3. The van der Waals surface area contributed by atoms with E-state index in [1.807, 2.05) is 73.1 Å². The van der Waals surface area contributed by atoms with Gasteiger partial charge in [-0.1, -0.05) is 42.5 Å². The van der Waals surface area contributed by atoms with E-state index in [9.17, 15) is 5.26 Å². The van der Waals surface area contributed by atoms with Gasteiger partial charge < -0.3 is 4.90 Å². The molecule has 1 atom stereocenters. The van der Waals surface area contributed by atoms with Crippen molar-refractivity contribution in [3.63, 3.8) is 0 Å². The molecule has 4 rings (SSSR count). The Kier molecular flexibility index (Phi) is 5.31. The van der Waals surface area contributed by atoms with Gasteiger partial charge in [-0.3, -0.25) is 9.97 Å². The van der Waals surface area contributed by atoms with Crippen LogP contribution in [0, 0.1) is 11.3 Å². The molecule has 0 N–H and O–H groups in total. The summed E-state index contributed by atoms with van der Waals surface area (Å²) in [6, 6.07) is 26.2. The average Bonchev–Trinajstić information content (AvgIpc) is 2.80. The highest BCUT2D eigenvalue weighted by Crippen LogP contribution is 2.38. The van der Waals surface area contributed by atoms with Crippen molar-refractivity contribution in [3.05, 3.63) is 109 Å². The molecular formula is C25H20N4. The first kappa shape index (κ1) is 18.4. The predicted molar refractivity (Wildman–Crippen MR) is 116 cm³/mol. The van der Waals surface area contributed by atoms with Crippen molar-refractivity contribution in [2.24, 2.45) is 0 Å². The van der Waals surface area contributed by atoms with Gasteiger partial charge in [0.25, 0.3) is 0 Å². The van der Waals surface area contributed by atoms with Gasteiger partial charge in [-0.25, -0.2) is 0 Å². The van der Waals surface area contributed by atoms with Crippen molar-refractivity contribution in [2.45, 2.75) is 13.0 Å². The number of benzene rings is 2. The fourth-order valence-electron chi connectivity index (χ4n) is 3.65. The molecule has 2 heterocycles. The molecule has 4 aromatic rings. The summed E-state index contributed by atoms with van der Waals surface area (Å²) in [7, 11) is 0. The minimum atomic E-state index is -0.00801. The van der Waals surface area contributed by atoms with E-state index < -0.39 is 0 Å². The quantitative estimate of drug-likeness (QED) is 0.434. The molecule has 1 unspecified atom stereocenters. The largest absolute Gasteiger partial charge is 0.332 e. The molecule has 4 nitrogen and oxygen atoms in total. The van der Waals surface area contributed by atoms with Crippen molar-refractivity contribution in [1.82, 2.24) is 9.97 Å². The van der Waals surface area contributed by atoms with E-state index >= 15 is 0 Å². The molecular weight excluding hydrogens is 356 g/mol. The number of hydrogen-bond donors (Lipinski definition) is 0. The molecule has 0 amide bonds. The number of pyridine rings is 2. The minimum absolute atomic E-state index is 0.00801. The van der Waals surface area contributed by atoms with Crippen LogP contribution in [0.5, 0.6) is 0 Å². The summed E-state index contributed by atoms with van der Waals surface area (Å²) < 4.78 is 0. The van der Waals surface area contributed by atoms with E-state index in [-0.39, 0.29) is 6.04 Å². The van der Waals surface area contributed by atoms with Crippen LogP contribution in [-0.4, -0.2) is 9.97 Å². The van der Waals surface area contributed by atoms with Crippen LogP contribution in [0.4, 0.5) is 11.4 Å². The zero-order valence-corrected chi connectivity index (χ0v) is 16.1. The Hall–Kier alpha value is -3.97. The Morgan fingerprint density at radius 1 is 0.759 bits per heavy atom. The number of nitrogens with zero attached hydrogens (tertiary/aromatic N) is 4. The molecule has 0 aliphatic carbocycles. The molecule has 0 saturated heterocycles. The second-order valence-corrected chi connectivity index (χ2v) is 6.71. The number of nitriles is 1. The Morgan fingerprint density at radius 3 is 1.93 bits per heavy atom. The smallest absolute Gasteiger partial charge is 0.0998 e. The molecule has 0 radical (unpaired) electrons.